The van der Waals surface area contributed by atoms with Crippen molar-refractivity contribution in [1.29, 1.82) is 0 Å². The Morgan fingerprint density at radius 1 is 1.26 bits per heavy atom. The number of urea groups is 1. The third-order valence-electron chi connectivity index (χ3n) is 4.81. The second kappa shape index (κ2) is 9.69. The molecule has 0 aliphatic carbocycles. The molecule has 1 heterocycles. The quantitative estimate of drug-likeness (QED) is 0.827. The van der Waals surface area contributed by atoms with E-state index in [9.17, 15) is 14.0 Å². The van der Waals surface area contributed by atoms with E-state index in [-0.39, 0.29) is 49.0 Å². The monoisotopic (exact) mass is 379 g/mol. The molecule has 0 saturated carbocycles. The maximum Gasteiger partial charge on any atom is 0.317 e. The molecular weight excluding hydrogens is 349 g/mol. The lowest BCUT2D eigenvalue weighted by Crippen LogP contribution is -2.49. The lowest BCUT2D eigenvalue weighted by atomic mass is 10.1. The molecule has 1 aromatic rings. The van der Waals surface area contributed by atoms with Gasteiger partial charge in [-0.1, -0.05) is 12.1 Å². The first kappa shape index (κ1) is 21.2. The zero-order chi connectivity index (χ0) is 20.0. The van der Waals surface area contributed by atoms with Crippen LogP contribution in [0.4, 0.5) is 9.18 Å². The second-order valence-corrected chi connectivity index (χ2v) is 7.05. The van der Waals surface area contributed by atoms with E-state index in [0.29, 0.717) is 19.6 Å². The van der Waals surface area contributed by atoms with Crippen molar-refractivity contribution in [1.82, 2.24) is 15.1 Å². The Morgan fingerprint density at radius 2 is 1.85 bits per heavy atom. The number of ether oxygens (including phenoxy) is 1. The van der Waals surface area contributed by atoms with E-state index < -0.39 is 0 Å². The molecule has 1 saturated heterocycles. The number of nitrogens with zero attached hydrogens (tertiary/aromatic N) is 2. The van der Waals surface area contributed by atoms with Gasteiger partial charge >= 0.3 is 6.03 Å². The number of hydrogen-bond acceptors (Lipinski definition) is 3. The Labute approximate surface area is 160 Å². The molecule has 0 aromatic heterocycles. The zero-order valence-electron chi connectivity index (χ0n) is 16.6. The summed E-state index contributed by atoms with van der Waals surface area (Å²) < 4.78 is 18.7. The molecule has 150 valence electrons. The van der Waals surface area contributed by atoms with Gasteiger partial charge in [0.1, 0.15) is 5.82 Å². The summed E-state index contributed by atoms with van der Waals surface area (Å²) in [7, 11) is 0. The molecule has 2 rings (SSSR count). The van der Waals surface area contributed by atoms with Crippen molar-refractivity contribution in [2.45, 2.75) is 52.4 Å². The van der Waals surface area contributed by atoms with Gasteiger partial charge in [0.05, 0.1) is 18.2 Å². The molecule has 1 aliphatic heterocycles. The molecule has 1 N–H and O–H groups in total. The van der Waals surface area contributed by atoms with Crippen molar-refractivity contribution in [2.24, 2.45) is 0 Å². The van der Waals surface area contributed by atoms with Gasteiger partial charge in [-0.25, -0.2) is 9.18 Å². The van der Waals surface area contributed by atoms with Gasteiger partial charge in [0.25, 0.3) is 0 Å². The van der Waals surface area contributed by atoms with E-state index in [4.69, 9.17) is 4.74 Å². The fraction of sp³-hybridized carbons (Fsp3) is 0.600. The lowest BCUT2D eigenvalue weighted by Gasteiger charge is -2.35. The third-order valence-corrected chi connectivity index (χ3v) is 4.81. The van der Waals surface area contributed by atoms with E-state index in [1.54, 1.807) is 21.9 Å². The predicted molar refractivity (Wildman–Crippen MR) is 102 cm³/mol. The van der Waals surface area contributed by atoms with Crippen LogP contribution in [-0.4, -0.2) is 60.1 Å². The molecule has 1 fully saturated rings. The van der Waals surface area contributed by atoms with Gasteiger partial charge < -0.3 is 19.9 Å². The predicted octanol–water partition coefficient (Wildman–Crippen LogP) is 2.94. The number of carbonyl (C=O) groups is 2. The molecule has 3 amide bonds. The first-order valence-electron chi connectivity index (χ1n) is 9.55. The summed E-state index contributed by atoms with van der Waals surface area (Å²) in [6, 6.07) is 5.72. The Bertz CT molecular complexity index is 628. The summed E-state index contributed by atoms with van der Waals surface area (Å²) in [6.45, 7) is 9.65. The molecule has 1 aliphatic rings. The molecule has 3 atom stereocenters. The molecular formula is C20H30FN3O3. The highest BCUT2D eigenvalue weighted by atomic mass is 19.1. The summed E-state index contributed by atoms with van der Waals surface area (Å²) in [5.74, 6) is -0.282. The summed E-state index contributed by atoms with van der Waals surface area (Å²) in [5.41, 5.74) is 0.862. The Morgan fingerprint density at radius 3 is 2.41 bits per heavy atom. The highest BCUT2D eigenvalue weighted by molar-refractivity contribution is 5.78. The number of nitrogens with one attached hydrogen (secondary N) is 1. The van der Waals surface area contributed by atoms with Crippen LogP contribution in [0, 0.1) is 5.82 Å². The first-order valence-corrected chi connectivity index (χ1v) is 9.55. The smallest absolute Gasteiger partial charge is 0.317 e. The maximum atomic E-state index is 13.1. The minimum Gasteiger partial charge on any atom is -0.372 e. The van der Waals surface area contributed by atoms with Crippen molar-refractivity contribution < 1.29 is 18.7 Å². The van der Waals surface area contributed by atoms with Gasteiger partial charge in [0.15, 0.2) is 0 Å². The third kappa shape index (κ3) is 5.92. The van der Waals surface area contributed by atoms with Crippen LogP contribution < -0.4 is 5.32 Å². The SMILES string of the molecule is CCN(C(=O)NCCC(=O)N1C[C@H](C)O[C@@H](C)C1)[C@H](C)c1ccc(F)cc1. The zero-order valence-corrected chi connectivity index (χ0v) is 16.6. The molecule has 6 nitrogen and oxygen atoms in total. The van der Waals surface area contributed by atoms with Crippen LogP contribution in [0.2, 0.25) is 0 Å². The van der Waals surface area contributed by atoms with Crippen LogP contribution in [0.5, 0.6) is 0 Å². The lowest BCUT2D eigenvalue weighted by molar-refractivity contribution is -0.143. The van der Waals surface area contributed by atoms with Gasteiger partial charge in [-0.15, -0.1) is 0 Å². The van der Waals surface area contributed by atoms with E-state index in [2.05, 4.69) is 5.32 Å². The van der Waals surface area contributed by atoms with Crippen LogP contribution in [0.3, 0.4) is 0 Å². The van der Waals surface area contributed by atoms with Crippen LogP contribution in [0.15, 0.2) is 24.3 Å². The number of morpholine rings is 1. The van der Waals surface area contributed by atoms with Gasteiger partial charge in [-0.05, 0) is 45.4 Å². The average molecular weight is 379 g/mol. The summed E-state index contributed by atoms with van der Waals surface area (Å²) in [4.78, 5) is 28.3. The Kier molecular flexibility index (Phi) is 7.59. The number of halogens is 1. The summed E-state index contributed by atoms with van der Waals surface area (Å²) in [6.07, 6.45) is 0.312. The number of rotatable bonds is 6. The van der Waals surface area contributed by atoms with Gasteiger partial charge in [0.2, 0.25) is 5.91 Å². The fourth-order valence-electron chi connectivity index (χ4n) is 3.43. The van der Waals surface area contributed by atoms with Crippen molar-refractivity contribution in [2.75, 3.05) is 26.2 Å². The number of hydrogen-bond donors (Lipinski definition) is 1. The van der Waals surface area contributed by atoms with E-state index in [1.165, 1.54) is 12.1 Å². The van der Waals surface area contributed by atoms with E-state index in [1.807, 2.05) is 27.7 Å². The van der Waals surface area contributed by atoms with Crippen LogP contribution in [0.25, 0.3) is 0 Å². The normalized spacial score (nSPS) is 20.9. The molecule has 1 aromatic carbocycles. The first-order chi connectivity index (χ1) is 12.8. The fourth-order valence-corrected chi connectivity index (χ4v) is 3.43. The highest BCUT2D eigenvalue weighted by Crippen LogP contribution is 2.20. The molecule has 27 heavy (non-hydrogen) atoms. The largest absolute Gasteiger partial charge is 0.372 e. The minimum atomic E-state index is -0.302. The van der Waals surface area contributed by atoms with E-state index >= 15 is 0 Å². The van der Waals surface area contributed by atoms with Crippen LogP contribution >= 0.6 is 0 Å². The second-order valence-electron chi connectivity index (χ2n) is 7.05. The molecule has 7 heteroatoms. The summed E-state index contributed by atoms with van der Waals surface area (Å²) >= 11 is 0. The van der Waals surface area contributed by atoms with Gasteiger partial charge in [0, 0.05) is 32.6 Å². The molecule has 0 spiro atoms. The molecule has 0 bridgehead atoms. The highest BCUT2D eigenvalue weighted by Gasteiger charge is 2.26. The maximum absolute atomic E-state index is 13.1. The summed E-state index contributed by atoms with van der Waals surface area (Å²) in [5, 5.41) is 2.82. The number of carbonyl (C=O) groups excluding carboxylic acids is 2. The van der Waals surface area contributed by atoms with E-state index in [0.717, 1.165) is 5.56 Å². The standard InChI is InChI=1S/C20H30FN3O3/c1-5-24(16(4)17-6-8-18(21)9-7-17)20(26)22-11-10-19(25)23-12-14(2)27-15(3)13-23/h6-9,14-16H,5,10-13H2,1-4H3,(H,22,26)/t14-,15-,16+/m0/s1. The Hall–Kier alpha value is -2.15. The number of benzene rings is 1. The van der Waals surface area contributed by atoms with Crippen molar-refractivity contribution in [3.8, 4) is 0 Å². The topological polar surface area (TPSA) is 61.9 Å². The average Bonchev–Trinajstić information content (AvgIpc) is 2.62. The Balaban J connectivity index is 1.84. The van der Waals surface area contributed by atoms with Crippen LogP contribution in [0.1, 0.15) is 45.7 Å². The number of amides is 3. The van der Waals surface area contributed by atoms with Crippen LogP contribution in [-0.2, 0) is 9.53 Å². The minimum absolute atomic E-state index is 0.0203. The van der Waals surface area contributed by atoms with Gasteiger partial charge in [-0.2, -0.15) is 0 Å². The molecule has 0 unspecified atom stereocenters. The van der Waals surface area contributed by atoms with Crippen molar-refractivity contribution in [3.05, 3.63) is 35.6 Å². The molecule has 0 radical (unpaired) electrons. The van der Waals surface area contributed by atoms with Crippen molar-refractivity contribution in [3.63, 3.8) is 0 Å². The van der Waals surface area contributed by atoms with Gasteiger partial charge in [-0.3, -0.25) is 4.79 Å². The van der Waals surface area contributed by atoms with Crippen molar-refractivity contribution >= 4 is 11.9 Å².